The van der Waals surface area contributed by atoms with Crippen LogP contribution in [-0.4, -0.2) is 29.4 Å². The average Bonchev–Trinajstić information content (AvgIpc) is 2.47. The Balaban J connectivity index is 1.94. The molecular formula is C17H22O4. The smallest absolute Gasteiger partial charge is 0.306 e. The van der Waals surface area contributed by atoms with E-state index < -0.39 is 5.97 Å². The van der Waals surface area contributed by atoms with Crippen LogP contribution in [0.25, 0.3) is 0 Å². The van der Waals surface area contributed by atoms with Gasteiger partial charge in [-0.15, -0.1) is 0 Å². The van der Waals surface area contributed by atoms with E-state index in [1.165, 1.54) is 0 Å². The molecule has 1 saturated heterocycles. The molecule has 0 bridgehead atoms. The maximum Gasteiger partial charge on any atom is 0.306 e. The average molecular weight is 290 g/mol. The second-order valence-electron chi connectivity index (χ2n) is 5.25. The molecule has 1 aromatic carbocycles. The summed E-state index contributed by atoms with van der Waals surface area (Å²) >= 11 is 0. The van der Waals surface area contributed by atoms with E-state index in [9.17, 15) is 4.79 Å². The van der Waals surface area contributed by atoms with E-state index in [0.717, 1.165) is 18.4 Å². The summed E-state index contributed by atoms with van der Waals surface area (Å²) in [6.45, 7) is 2.42. The summed E-state index contributed by atoms with van der Waals surface area (Å²) in [5.41, 5.74) is 1.09. The molecule has 1 aliphatic heterocycles. The summed E-state index contributed by atoms with van der Waals surface area (Å²) in [6.07, 6.45) is 5.02. The molecule has 0 saturated carbocycles. The fraction of sp³-hybridized carbons (Fsp3) is 0.471. The molecule has 3 atom stereocenters. The van der Waals surface area contributed by atoms with E-state index in [-0.39, 0.29) is 24.7 Å². The minimum atomic E-state index is -0.852. The summed E-state index contributed by atoms with van der Waals surface area (Å²) in [5, 5.41) is 9.03. The molecule has 1 fully saturated rings. The largest absolute Gasteiger partial charge is 0.481 e. The first-order valence-corrected chi connectivity index (χ1v) is 7.34. The topological polar surface area (TPSA) is 55.8 Å². The number of aliphatic carboxylic acids is 1. The summed E-state index contributed by atoms with van der Waals surface area (Å²) in [6, 6.07) is 9.89. The lowest BCUT2D eigenvalue weighted by Crippen LogP contribution is -2.41. The van der Waals surface area contributed by atoms with Crippen molar-refractivity contribution < 1.29 is 19.4 Å². The van der Waals surface area contributed by atoms with Crippen LogP contribution in [0.15, 0.2) is 42.5 Å². The fourth-order valence-corrected chi connectivity index (χ4v) is 2.57. The Morgan fingerprint density at radius 1 is 1.38 bits per heavy atom. The van der Waals surface area contributed by atoms with Gasteiger partial charge in [-0.1, -0.05) is 42.5 Å². The number of rotatable bonds is 6. The highest BCUT2D eigenvalue weighted by Crippen LogP contribution is 2.26. The summed E-state index contributed by atoms with van der Waals surface area (Å²) in [7, 11) is 0. The molecule has 1 aliphatic rings. The van der Waals surface area contributed by atoms with Gasteiger partial charge in [-0.2, -0.15) is 0 Å². The second-order valence-corrected chi connectivity index (χ2v) is 5.25. The van der Waals surface area contributed by atoms with Crippen LogP contribution >= 0.6 is 0 Å². The molecule has 1 aromatic rings. The lowest BCUT2D eigenvalue weighted by Gasteiger charge is -2.34. The number of carboxylic acid groups (broad SMARTS) is 1. The predicted molar refractivity (Wildman–Crippen MR) is 80.0 cm³/mol. The first-order chi connectivity index (χ1) is 10.2. The van der Waals surface area contributed by atoms with Crippen LogP contribution in [0.1, 0.15) is 31.7 Å². The molecule has 4 heteroatoms. The third kappa shape index (κ3) is 4.99. The minimum Gasteiger partial charge on any atom is -0.481 e. The van der Waals surface area contributed by atoms with Crippen molar-refractivity contribution in [3.05, 3.63) is 48.0 Å². The maximum absolute atomic E-state index is 11.0. The van der Waals surface area contributed by atoms with Gasteiger partial charge in [0.05, 0.1) is 31.3 Å². The van der Waals surface area contributed by atoms with Gasteiger partial charge in [-0.05, 0) is 25.3 Å². The molecule has 0 aliphatic carbocycles. The number of hydrogen-bond donors (Lipinski definition) is 1. The van der Waals surface area contributed by atoms with Crippen molar-refractivity contribution in [2.75, 3.05) is 0 Å². The van der Waals surface area contributed by atoms with Crippen LogP contribution < -0.4 is 0 Å². The zero-order chi connectivity index (χ0) is 15.1. The molecule has 0 unspecified atom stereocenters. The van der Waals surface area contributed by atoms with Crippen molar-refractivity contribution in [2.24, 2.45) is 0 Å². The fourth-order valence-electron chi connectivity index (χ4n) is 2.57. The predicted octanol–water partition coefficient (Wildman–Crippen LogP) is 3.17. The van der Waals surface area contributed by atoms with Crippen LogP contribution in [-0.2, 0) is 20.9 Å². The Labute approximate surface area is 125 Å². The third-order valence-corrected chi connectivity index (χ3v) is 3.59. The van der Waals surface area contributed by atoms with Crippen molar-refractivity contribution in [2.45, 2.75) is 51.1 Å². The lowest BCUT2D eigenvalue weighted by molar-refractivity contribution is -0.157. The van der Waals surface area contributed by atoms with Crippen molar-refractivity contribution in [1.82, 2.24) is 0 Å². The van der Waals surface area contributed by atoms with Crippen molar-refractivity contribution in [3.63, 3.8) is 0 Å². The molecule has 114 valence electrons. The zero-order valence-electron chi connectivity index (χ0n) is 12.3. The van der Waals surface area contributed by atoms with Gasteiger partial charge in [0.1, 0.15) is 0 Å². The summed E-state index contributed by atoms with van der Waals surface area (Å²) < 4.78 is 11.7. The normalized spacial score (nSPS) is 26.0. The number of carbonyl (C=O) groups is 1. The molecule has 0 spiro atoms. The van der Waals surface area contributed by atoms with Gasteiger partial charge in [0.2, 0.25) is 0 Å². The molecule has 21 heavy (non-hydrogen) atoms. The number of hydrogen-bond acceptors (Lipinski definition) is 3. The maximum atomic E-state index is 11.0. The van der Waals surface area contributed by atoms with E-state index in [0.29, 0.717) is 6.61 Å². The van der Waals surface area contributed by atoms with Crippen molar-refractivity contribution >= 4 is 5.97 Å². The van der Waals surface area contributed by atoms with E-state index in [1.807, 2.05) is 49.4 Å². The van der Waals surface area contributed by atoms with E-state index in [4.69, 9.17) is 14.6 Å². The van der Waals surface area contributed by atoms with E-state index >= 15 is 0 Å². The Kier molecular flexibility index (Phi) is 5.96. The van der Waals surface area contributed by atoms with Crippen LogP contribution in [0, 0.1) is 0 Å². The number of allylic oxidation sites excluding steroid dienone is 1. The Morgan fingerprint density at radius 3 is 2.81 bits per heavy atom. The quantitative estimate of drug-likeness (QED) is 0.818. The van der Waals surface area contributed by atoms with Crippen LogP contribution in [0.4, 0.5) is 0 Å². The van der Waals surface area contributed by atoms with E-state index in [2.05, 4.69) is 0 Å². The molecule has 1 heterocycles. The summed E-state index contributed by atoms with van der Waals surface area (Å²) in [5.74, 6) is -0.852. The van der Waals surface area contributed by atoms with Gasteiger partial charge in [0, 0.05) is 0 Å². The van der Waals surface area contributed by atoms with Gasteiger partial charge < -0.3 is 14.6 Å². The Hall–Kier alpha value is -1.65. The second kappa shape index (κ2) is 7.96. The zero-order valence-corrected chi connectivity index (χ0v) is 12.3. The highest BCUT2D eigenvalue weighted by Gasteiger charge is 2.32. The summed E-state index contributed by atoms with van der Waals surface area (Å²) in [4.78, 5) is 11.0. The third-order valence-electron chi connectivity index (χ3n) is 3.59. The standard InChI is InChI=1S/C17H22O4/c1-2-6-14-9-10-15(16(21-14)11-17(18)19)20-12-13-7-4-3-5-8-13/h2-8,14-16H,9-12H2,1H3,(H,18,19)/b6-2+/t14-,15-,16+/m0/s1. The first kappa shape index (κ1) is 15.7. The SMILES string of the molecule is C/C=C/[C@H]1CC[C@H](OCc2ccccc2)[C@@H](CC(=O)O)O1. The van der Waals surface area contributed by atoms with E-state index in [1.54, 1.807) is 0 Å². The van der Waals surface area contributed by atoms with Crippen molar-refractivity contribution in [3.8, 4) is 0 Å². The van der Waals surface area contributed by atoms with Crippen molar-refractivity contribution in [1.29, 1.82) is 0 Å². The number of ether oxygens (including phenoxy) is 2. The monoisotopic (exact) mass is 290 g/mol. The number of benzene rings is 1. The first-order valence-electron chi connectivity index (χ1n) is 7.34. The molecular weight excluding hydrogens is 268 g/mol. The van der Waals surface area contributed by atoms with Gasteiger partial charge in [-0.25, -0.2) is 0 Å². The van der Waals surface area contributed by atoms with Crippen LogP contribution in [0.2, 0.25) is 0 Å². The van der Waals surface area contributed by atoms with Gasteiger partial charge in [0.25, 0.3) is 0 Å². The molecule has 4 nitrogen and oxygen atoms in total. The van der Waals surface area contributed by atoms with Crippen LogP contribution in [0.3, 0.4) is 0 Å². The number of carboxylic acids is 1. The Bertz CT molecular complexity index is 469. The van der Waals surface area contributed by atoms with Gasteiger partial charge in [-0.3, -0.25) is 4.79 Å². The Morgan fingerprint density at radius 2 is 2.14 bits per heavy atom. The van der Waals surface area contributed by atoms with Crippen LogP contribution in [0.5, 0.6) is 0 Å². The molecule has 0 radical (unpaired) electrons. The lowest BCUT2D eigenvalue weighted by atomic mass is 9.98. The van der Waals surface area contributed by atoms with Gasteiger partial charge in [0.15, 0.2) is 0 Å². The molecule has 0 aromatic heterocycles. The molecule has 2 rings (SSSR count). The minimum absolute atomic E-state index is 0.00377. The van der Waals surface area contributed by atoms with Gasteiger partial charge >= 0.3 is 5.97 Å². The highest BCUT2D eigenvalue weighted by atomic mass is 16.5. The molecule has 1 N–H and O–H groups in total. The molecule has 0 amide bonds. The highest BCUT2D eigenvalue weighted by molar-refractivity contribution is 5.67.